The van der Waals surface area contributed by atoms with E-state index in [1.807, 2.05) is 0 Å². The molecule has 0 fully saturated rings. The molecule has 0 aliphatic heterocycles. The van der Waals surface area contributed by atoms with Gasteiger partial charge in [0.2, 0.25) is 0 Å². The van der Waals surface area contributed by atoms with Crippen molar-refractivity contribution in [2.24, 2.45) is 0 Å². The van der Waals surface area contributed by atoms with E-state index in [4.69, 9.17) is 5.73 Å². The van der Waals surface area contributed by atoms with Crippen molar-refractivity contribution in [2.45, 2.75) is 0 Å². The molecule has 3 aromatic rings. The Morgan fingerprint density at radius 2 is 1.85 bits per heavy atom. The quantitative estimate of drug-likeness (QED) is 0.727. The van der Waals surface area contributed by atoms with Crippen LogP contribution in [0.1, 0.15) is 0 Å². The third-order valence-electron chi connectivity index (χ3n) is 2.81. The van der Waals surface area contributed by atoms with Crippen molar-refractivity contribution in [1.82, 2.24) is 20.2 Å². The monoisotopic (exact) mass is 273 g/mol. The summed E-state index contributed by atoms with van der Waals surface area (Å²) in [4.78, 5) is 0. The minimum atomic E-state index is -0.756. The predicted molar refractivity (Wildman–Crippen MR) is 68.9 cm³/mol. The number of nitrogens with two attached hydrogens (primary N) is 1. The van der Waals surface area contributed by atoms with Crippen LogP contribution < -0.4 is 5.73 Å². The summed E-state index contributed by atoms with van der Waals surface area (Å²) in [6.07, 6.45) is 0. The van der Waals surface area contributed by atoms with E-state index in [9.17, 15) is 8.78 Å². The molecule has 3 rings (SSSR count). The van der Waals surface area contributed by atoms with Gasteiger partial charge >= 0.3 is 0 Å². The summed E-state index contributed by atoms with van der Waals surface area (Å²) in [7, 11) is 0. The van der Waals surface area contributed by atoms with Crippen molar-refractivity contribution in [3.05, 3.63) is 54.1 Å². The summed E-state index contributed by atoms with van der Waals surface area (Å²) in [6.45, 7) is 0. The fourth-order valence-corrected chi connectivity index (χ4v) is 1.87. The standard InChI is InChI=1S/C13H9F2N5/c14-8-5-6-12(10(15)7-8)20-13(17-18-19-20)9-3-1-2-4-11(9)16/h1-7H,16H2. The highest BCUT2D eigenvalue weighted by Gasteiger charge is 2.16. The largest absolute Gasteiger partial charge is 0.398 e. The Balaban J connectivity index is 2.18. The molecular weight excluding hydrogens is 264 g/mol. The highest BCUT2D eigenvalue weighted by molar-refractivity contribution is 5.72. The Morgan fingerprint density at radius 1 is 1.05 bits per heavy atom. The molecule has 0 spiro atoms. The third kappa shape index (κ3) is 1.99. The molecule has 0 amide bonds. The lowest BCUT2D eigenvalue weighted by molar-refractivity contribution is 0.572. The molecule has 0 atom stereocenters. The van der Waals surface area contributed by atoms with Gasteiger partial charge < -0.3 is 5.73 Å². The lowest BCUT2D eigenvalue weighted by atomic mass is 10.1. The molecule has 0 saturated heterocycles. The Labute approximate surface area is 112 Å². The number of tetrazole rings is 1. The van der Waals surface area contributed by atoms with Gasteiger partial charge in [0.15, 0.2) is 11.6 Å². The molecule has 2 N–H and O–H groups in total. The summed E-state index contributed by atoms with van der Waals surface area (Å²) >= 11 is 0. The summed E-state index contributed by atoms with van der Waals surface area (Å²) < 4.78 is 28.0. The molecule has 1 aromatic heterocycles. The number of para-hydroxylation sites is 1. The number of nitrogen functional groups attached to an aromatic ring is 1. The zero-order chi connectivity index (χ0) is 14.1. The van der Waals surface area contributed by atoms with Gasteiger partial charge in [-0.3, -0.25) is 0 Å². The van der Waals surface area contributed by atoms with Crippen LogP contribution in [0.2, 0.25) is 0 Å². The van der Waals surface area contributed by atoms with Gasteiger partial charge in [0.05, 0.1) is 0 Å². The molecule has 0 aliphatic rings. The van der Waals surface area contributed by atoms with Crippen LogP contribution in [0.4, 0.5) is 14.5 Å². The van der Waals surface area contributed by atoms with Crippen molar-refractivity contribution in [3.63, 3.8) is 0 Å². The van der Waals surface area contributed by atoms with Crippen molar-refractivity contribution in [2.75, 3.05) is 5.73 Å². The van der Waals surface area contributed by atoms with E-state index in [2.05, 4.69) is 15.5 Å². The van der Waals surface area contributed by atoms with Gasteiger partial charge in [-0.05, 0) is 34.7 Å². The number of hydrogen-bond acceptors (Lipinski definition) is 4. The molecule has 5 nitrogen and oxygen atoms in total. The summed E-state index contributed by atoms with van der Waals surface area (Å²) in [5.41, 5.74) is 6.94. The lowest BCUT2D eigenvalue weighted by Gasteiger charge is -2.07. The van der Waals surface area contributed by atoms with Crippen LogP contribution in [0.15, 0.2) is 42.5 Å². The van der Waals surface area contributed by atoms with Gasteiger partial charge in [-0.1, -0.05) is 12.1 Å². The van der Waals surface area contributed by atoms with E-state index in [1.54, 1.807) is 24.3 Å². The normalized spacial score (nSPS) is 10.7. The van der Waals surface area contributed by atoms with Gasteiger partial charge in [-0.25, -0.2) is 8.78 Å². The summed E-state index contributed by atoms with van der Waals surface area (Å²) in [5, 5.41) is 11.1. The SMILES string of the molecule is Nc1ccccc1-c1nnnn1-c1ccc(F)cc1F. The zero-order valence-electron chi connectivity index (χ0n) is 10.2. The first kappa shape index (κ1) is 12.2. The van der Waals surface area contributed by atoms with E-state index in [-0.39, 0.29) is 11.5 Å². The highest BCUT2D eigenvalue weighted by Crippen LogP contribution is 2.25. The first-order chi connectivity index (χ1) is 9.66. The minimum Gasteiger partial charge on any atom is -0.398 e. The fraction of sp³-hybridized carbons (Fsp3) is 0. The smallest absolute Gasteiger partial charge is 0.189 e. The third-order valence-corrected chi connectivity index (χ3v) is 2.81. The molecule has 2 aromatic carbocycles. The number of rotatable bonds is 2. The average molecular weight is 273 g/mol. The fourth-order valence-electron chi connectivity index (χ4n) is 1.87. The maximum atomic E-state index is 13.8. The van der Waals surface area contributed by atoms with E-state index < -0.39 is 11.6 Å². The van der Waals surface area contributed by atoms with Crippen LogP contribution in [0.5, 0.6) is 0 Å². The minimum absolute atomic E-state index is 0.0506. The van der Waals surface area contributed by atoms with Crippen molar-refractivity contribution < 1.29 is 8.78 Å². The number of anilines is 1. The molecule has 0 saturated carbocycles. The molecule has 100 valence electrons. The second kappa shape index (κ2) is 4.69. The number of nitrogens with zero attached hydrogens (tertiary/aromatic N) is 4. The molecular formula is C13H9F2N5. The average Bonchev–Trinajstić information content (AvgIpc) is 2.88. The maximum Gasteiger partial charge on any atom is 0.189 e. The van der Waals surface area contributed by atoms with E-state index in [0.717, 1.165) is 12.1 Å². The Hall–Kier alpha value is -2.83. The van der Waals surface area contributed by atoms with Crippen molar-refractivity contribution in [1.29, 1.82) is 0 Å². The number of benzene rings is 2. The molecule has 0 bridgehead atoms. The molecule has 0 unspecified atom stereocenters. The van der Waals surface area contributed by atoms with Crippen LogP contribution in [0.3, 0.4) is 0 Å². The van der Waals surface area contributed by atoms with Crippen molar-refractivity contribution in [3.8, 4) is 17.1 Å². The highest BCUT2D eigenvalue weighted by atomic mass is 19.1. The van der Waals surface area contributed by atoms with Crippen LogP contribution in [-0.2, 0) is 0 Å². The Morgan fingerprint density at radius 3 is 2.60 bits per heavy atom. The van der Waals surface area contributed by atoms with E-state index >= 15 is 0 Å². The van der Waals surface area contributed by atoms with Gasteiger partial charge in [0.25, 0.3) is 0 Å². The van der Waals surface area contributed by atoms with Gasteiger partial charge in [-0.15, -0.1) is 5.10 Å². The van der Waals surface area contributed by atoms with Gasteiger partial charge in [-0.2, -0.15) is 4.68 Å². The summed E-state index contributed by atoms with van der Waals surface area (Å²) in [6, 6.07) is 10.1. The summed E-state index contributed by atoms with van der Waals surface area (Å²) in [5.74, 6) is -1.14. The van der Waals surface area contributed by atoms with E-state index in [1.165, 1.54) is 10.7 Å². The van der Waals surface area contributed by atoms with Gasteiger partial charge in [0.1, 0.15) is 11.5 Å². The zero-order valence-corrected chi connectivity index (χ0v) is 10.2. The van der Waals surface area contributed by atoms with Crippen LogP contribution in [0, 0.1) is 11.6 Å². The first-order valence-corrected chi connectivity index (χ1v) is 5.75. The molecule has 20 heavy (non-hydrogen) atoms. The lowest BCUT2D eigenvalue weighted by Crippen LogP contribution is -2.04. The second-order valence-electron chi connectivity index (χ2n) is 4.10. The van der Waals surface area contributed by atoms with Crippen LogP contribution in [-0.4, -0.2) is 20.2 Å². The molecule has 0 aliphatic carbocycles. The Bertz CT molecular complexity index is 769. The molecule has 1 heterocycles. The van der Waals surface area contributed by atoms with Crippen molar-refractivity contribution >= 4 is 5.69 Å². The molecule has 7 heteroatoms. The number of halogens is 2. The Kier molecular flexibility index (Phi) is 2.86. The van der Waals surface area contributed by atoms with Crippen LogP contribution in [0.25, 0.3) is 17.1 Å². The first-order valence-electron chi connectivity index (χ1n) is 5.75. The van der Waals surface area contributed by atoms with E-state index in [0.29, 0.717) is 11.3 Å². The maximum absolute atomic E-state index is 13.8. The predicted octanol–water partition coefficient (Wildman–Crippen LogP) is 2.19. The second-order valence-corrected chi connectivity index (χ2v) is 4.10. The molecule has 0 radical (unpaired) electrons. The van der Waals surface area contributed by atoms with Gasteiger partial charge in [0, 0.05) is 17.3 Å². The topological polar surface area (TPSA) is 69.6 Å². The van der Waals surface area contributed by atoms with Crippen LogP contribution >= 0.6 is 0 Å². The number of hydrogen-bond donors (Lipinski definition) is 1. The number of aromatic nitrogens is 4.